The lowest BCUT2D eigenvalue weighted by Gasteiger charge is -2.08. The Bertz CT molecular complexity index is 936. The Kier molecular flexibility index (Phi) is 5.20. The van der Waals surface area contributed by atoms with Crippen molar-refractivity contribution < 1.29 is 8.76 Å². The van der Waals surface area contributed by atoms with Crippen molar-refractivity contribution in [2.75, 3.05) is 4.72 Å². The van der Waals surface area contributed by atoms with Gasteiger partial charge in [0.1, 0.15) is 5.69 Å². The van der Waals surface area contributed by atoms with Crippen LogP contribution in [0, 0.1) is 13.8 Å². The molecule has 0 aliphatic rings. The highest BCUT2D eigenvalue weighted by Gasteiger charge is 2.32. The molecule has 0 fully saturated rings. The maximum absolute atomic E-state index is 12.7. The lowest BCUT2D eigenvalue weighted by atomic mass is 10.1. The van der Waals surface area contributed by atoms with Gasteiger partial charge in [0.2, 0.25) is 4.90 Å². The minimum atomic E-state index is -3.44. The van der Waals surface area contributed by atoms with E-state index in [1.165, 1.54) is 11.8 Å². The summed E-state index contributed by atoms with van der Waals surface area (Å²) in [5, 5.41) is 4.26. The second kappa shape index (κ2) is 7.39. The fourth-order valence-electron chi connectivity index (χ4n) is 2.76. The monoisotopic (exact) mass is 371 g/mol. The normalized spacial score (nSPS) is 13.4. The Morgan fingerprint density at radius 2 is 1.85 bits per heavy atom. The van der Waals surface area contributed by atoms with E-state index >= 15 is 0 Å². The van der Waals surface area contributed by atoms with Gasteiger partial charge in [-0.3, -0.25) is 9.67 Å². The highest BCUT2D eigenvalue weighted by atomic mass is 32.3. The van der Waals surface area contributed by atoms with Crippen molar-refractivity contribution >= 4 is 16.1 Å². The van der Waals surface area contributed by atoms with Gasteiger partial charge in [-0.2, -0.15) is 14.4 Å². The van der Waals surface area contributed by atoms with Gasteiger partial charge in [0, 0.05) is 18.8 Å². The number of nitrogens with one attached hydrogen (secondary N) is 1. The third-order valence-electron chi connectivity index (χ3n) is 4.38. The minimum Gasteiger partial charge on any atom is -0.270 e. The van der Waals surface area contributed by atoms with E-state index in [4.69, 9.17) is 0 Å². The summed E-state index contributed by atoms with van der Waals surface area (Å²) in [6.07, 6.45) is 3.13. The number of pyridine rings is 1. The van der Waals surface area contributed by atoms with E-state index in [-0.39, 0.29) is 4.90 Å². The van der Waals surface area contributed by atoms with Crippen LogP contribution in [0.1, 0.15) is 22.6 Å². The van der Waals surface area contributed by atoms with Crippen LogP contribution < -0.4 is 4.72 Å². The van der Waals surface area contributed by atoms with Crippen LogP contribution in [0.2, 0.25) is 0 Å². The van der Waals surface area contributed by atoms with Crippen molar-refractivity contribution in [3.8, 4) is 0 Å². The first-order chi connectivity index (χ1) is 12.4. The molecule has 2 N–H and O–H groups in total. The molecule has 6 nitrogen and oxygen atoms in total. The molecule has 1 unspecified atom stereocenters. The average molecular weight is 371 g/mol. The first kappa shape index (κ1) is 18.3. The summed E-state index contributed by atoms with van der Waals surface area (Å²) < 4.78 is 27.6. The average Bonchev–Trinajstić information content (AvgIpc) is 2.87. The van der Waals surface area contributed by atoms with Crippen LogP contribution in [-0.2, 0) is 34.5 Å². The van der Waals surface area contributed by atoms with Crippen LogP contribution in [0.15, 0.2) is 53.6 Å². The van der Waals surface area contributed by atoms with E-state index < -0.39 is 10.4 Å². The zero-order valence-corrected chi connectivity index (χ0v) is 16.0. The molecule has 0 amide bonds. The van der Waals surface area contributed by atoms with Crippen LogP contribution >= 0.6 is 0 Å². The maximum atomic E-state index is 12.7. The lowest BCUT2D eigenvalue weighted by Crippen LogP contribution is -2.21. The van der Waals surface area contributed by atoms with Crippen molar-refractivity contribution in [1.82, 2.24) is 14.8 Å². The molecule has 0 aliphatic carbocycles. The quantitative estimate of drug-likeness (QED) is 0.649. The molecule has 26 heavy (non-hydrogen) atoms. The van der Waals surface area contributed by atoms with Crippen molar-refractivity contribution in [1.29, 1.82) is 0 Å². The number of aryl methyl sites for hydroxylation is 4. The van der Waals surface area contributed by atoms with Crippen LogP contribution in [0.4, 0.5) is 5.69 Å². The molecule has 3 rings (SSSR count). The van der Waals surface area contributed by atoms with Crippen LogP contribution in [0.3, 0.4) is 0 Å². The molecular formula is C19H23N4O2S+. The van der Waals surface area contributed by atoms with Gasteiger partial charge in [-0.25, -0.2) is 0 Å². The van der Waals surface area contributed by atoms with Crippen molar-refractivity contribution in [3.05, 3.63) is 71.3 Å². The third kappa shape index (κ3) is 4.00. The lowest BCUT2D eigenvalue weighted by molar-refractivity contribution is 0.502. The van der Waals surface area contributed by atoms with E-state index in [0.717, 1.165) is 24.2 Å². The smallest absolute Gasteiger partial charge is 0.270 e. The Hall–Kier alpha value is -2.51. The number of anilines is 1. The minimum absolute atomic E-state index is 0.253. The number of nitrogens with zero attached hydrogens (tertiary/aromatic N) is 3. The molecular weight excluding hydrogens is 348 g/mol. The van der Waals surface area contributed by atoms with Crippen LogP contribution in [0.25, 0.3) is 0 Å². The first-order valence-electron chi connectivity index (χ1n) is 8.40. The highest BCUT2D eigenvalue weighted by Crippen LogP contribution is 2.25. The molecule has 0 aliphatic heterocycles. The SMILES string of the molecule is Cc1nn(C)c(C)c1N[S+](=O)(O)c1ccc(CCc2ccccc2)nc1. The second-order valence-electron chi connectivity index (χ2n) is 6.27. The number of aromatic nitrogens is 3. The molecule has 1 atom stereocenters. The Morgan fingerprint density at radius 3 is 2.42 bits per heavy atom. The standard InChI is InChI=1S/C19H22N4O2S/c1-14-19(15(2)23(3)21-14)22-26(24,25)18-12-11-17(20-13-18)10-9-16-7-5-4-6-8-16/h4-8,11-13H,9-10H2,1-3H3,(H-,22,24,25)/p+1. The van der Waals surface area contributed by atoms with Crippen molar-refractivity contribution in [2.45, 2.75) is 31.6 Å². The zero-order chi connectivity index (χ0) is 18.7. The molecule has 1 aromatic carbocycles. The van der Waals surface area contributed by atoms with E-state index in [1.54, 1.807) is 30.8 Å². The molecule has 0 spiro atoms. The van der Waals surface area contributed by atoms with Gasteiger partial charge < -0.3 is 0 Å². The van der Waals surface area contributed by atoms with Crippen molar-refractivity contribution in [3.63, 3.8) is 0 Å². The van der Waals surface area contributed by atoms with Crippen LogP contribution in [-0.4, -0.2) is 19.3 Å². The van der Waals surface area contributed by atoms with E-state index in [2.05, 4.69) is 26.9 Å². The summed E-state index contributed by atoms with van der Waals surface area (Å²) in [6.45, 7) is 3.65. The van der Waals surface area contributed by atoms with E-state index in [1.807, 2.05) is 25.1 Å². The van der Waals surface area contributed by atoms with Gasteiger partial charge in [0.25, 0.3) is 0 Å². The number of hydrogen-bond donors (Lipinski definition) is 2. The number of rotatable bonds is 6. The molecule has 7 heteroatoms. The Morgan fingerprint density at radius 1 is 1.12 bits per heavy atom. The molecule has 3 aromatic rings. The summed E-state index contributed by atoms with van der Waals surface area (Å²) in [5.41, 5.74) is 4.19. The maximum Gasteiger partial charge on any atom is 0.347 e. The number of hydrogen-bond acceptors (Lipinski definition) is 3. The molecule has 2 aromatic heterocycles. The fraction of sp³-hybridized carbons (Fsp3) is 0.263. The summed E-state index contributed by atoms with van der Waals surface area (Å²) in [7, 11) is -1.64. The summed E-state index contributed by atoms with van der Waals surface area (Å²) in [5.74, 6) is 0. The molecule has 0 saturated carbocycles. The fourth-order valence-corrected chi connectivity index (χ4v) is 3.90. The van der Waals surface area contributed by atoms with E-state index in [0.29, 0.717) is 11.4 Å². The summed E-state index contributed by atoms with van der Waals surface area (Å²) in [6, 6.07) is 13.6. The van der Waals surface area contributed by atoms with Gasteiger partial charge >= 0.3 is 10.4 Å². The number of benzene rings is 1. The third-order valence-corrected chi connectivity index (χ3v) is 5.74. The molecule has 0 saturated heterocycles. The van der Waals surface area contributed by atoms with Gasteiger partial charge in [-0.1, -0.05) is 30.3 Å². The van der Waals surface area contributed by atoms with Gasteiger partial charge in [-0.15, -0.1) is 0 Å². The molecule has 0 bridgehead atoms. The zero-order valence-electron chi connectivity index (χ0n) is 15.1. The Labute approximate surface area is 154 Å². The Balaban J connectivity index is 1.71. The predicted molar refractivity (Wildman–Crippen MR) is 103 cm³/mol. The van der Waals surface area contributed by atoms with Gasteiger partial charge in [0.05, 0.1) is 17.6 Å². The van der Waals surface area contributed by atoms with Gasteiger partial charge in [-0.05, 0) is 42.5 Å². The molecule has 0 radical (unpaired) electrons. The van der Waals surface area contributed by atoms with E-state index in [9.17, 15) is 8.76 Å². The van der Waals surface area contributed by atoms with Crippen molar-refractivity contribution in [2.24, 2.45) is 7.05 Å². The summed E-state index contributed by atoms with van der Waals surface area (Å²) in [4.78, 5) is 4.61. The summed E-state index contributed by atoms with van der Waals surface area (Å²) >= 11 is 0. The van der Waals surface area contributed by atoms with Gasteiger partial charge in [0.15, 0.2) is 0 Å². The predicted octanol–water partition coefficient (Wildman–Crippen LogP) is 3.58. The molecule has 136 valence electrons. The second-order valence-corrected chi connectivity index (χ2v) is 8.00. The largest absolute Gasteiger partial charge is 0.347 e. The molecule has 2 heterocycles. The first-order valence-corrected chi connectivity index (χ1v) is 9.92. The highest BCUT2D eigenvalue weighted by molar-refractivity contribution is 7.99. The topological polar surface area (TPSA) is 80.0 Å². The van der Waals surface area contributed by atoms with Crippen LogP contribution in [0.5, 0.6) is 0 Å².